The molecule has 0 aromatic heterocycles. The summed E-state index contributed by atoms with van der Waals surface area (Å²) in [5, 5.41) is 0. The Hall–Kier alpha value is -2.82. The summed E-state index contributed by atoms with van der Waals surface area (Å²) in [5.41, 5.74) is 4.72. The minimum Gasteiger partial charge on any atom is -0.496 e. The Bertz CT molecular complexity index is 1020. The lowest BCUT2D eigenvalue weighted by atomic mass is 10.1. The summed E-state index contributed by atoms with van der Waals surface area (Å²) in [4.78, 5) is 2.16. The van der Waals surface area contributed by atoms with Crippen molar-refractivity contribution in [3.63, 3.8) is 0 Å². The highest BCUT2D eigenvalue weighted by atomic mass is 33.1. The second-order valence-corrected chi connectivity index (χ2v) is 8.84. The van der Waals surface area contributed by atoms with E-state index >= 15 is 0 Å². The molecule has 30 heavy (non-hydrogen) atoms. The van der Waals surface area contributed by atoms with Crippen molar-refractivity contribution in [2.24, 2.45) is 0 Å². The van der Waals surface area contributed by atoms with E-state index in [-0.39, 0.29) is 0 Å². The van der Waals surface area contributed by atoms with Gasteiger partial charge in [-0.3, -0.25) is 0 Å². The number of methoxy groups -OCH3 is 2. The molecular weight excluding hydrogens is 408 g/mol. The minimum atomic E-state index is 0.866. The first-order chi connectivity index (χ1) is 14.8. The van der Waals surface area contributed by atoms with Gasteiger partial charge in [-0.2, -0.15) is 0 Å². The fourth-order valence-electron chi connectivity index (χ4n) is 3.19. The van der Waals surface area contributed by atoms with Crippen LogP contribution in [0.4, 0.5) is 0 Å². The van der Waals surface area contributed by atoms with Crippen molar-refractivity contribution >= 4 is 21.6 Å². The third-order valence-corrected chi connectivity index (χ3v) is 7.17. The van der Waals surface area contributed by atoms with E-state index in [2.05, 4.69) is 72.8 Å². The average molecular weight is 431 g/mol. The highest BCUT2D eigenvalue weighted by Gasteiger charge is 2.12. The van der Waals surface area contributed by atoms with Crippen LogP contribution in [-0.2, 0) is 0 Å². The Morgan fingerprint density at radius 1 is 0.467 bits per heavy atom. The first-order valence-corrected chi connectivity index (χ1v) is 11.7. The lowest BCUT2D eigenvalue weighted by Crippen LogP contribution is -1.88. The molecule has 0 aliphatic heterocycles. The van der Waals surface area contributed by atoms with Crippen LogP contribution in [-0.4, -0.2) is 14.2 Å². The number of hydrogen-bond donors (Lipinski definition) is 0. The molecule has 0 N–H and O–H groups in total. The molecule has 4 heteroatoms. The number of hydrogen-bond acceptors (Lipinski definition) is 4. The summed E-state index contributed by atoms with van der Waals surface area (Å²) < 4.78 is 11.2. The van der Waals surface area contributed by atoms with E-state index in [0.29, 0.717) is 0 Å². The highest BCUT2D eigenvalue weighted by molar-refractivity contribution is 8.76. The van der Waals surface area contributed by atoms with Gasteiger partial charge in [-0.1, -0.05) is 72.8 Å². The molecular formula is C26H22O2S2. The Labute approximate surface area is 185 Å². The highest BCUT2D eigenvalue weighted by Crippen LogP contribution is 2.47. The van der Waals surface area contributed by atoms with Crippen LogP contribution >= 0.6 is 21.6 Å². The van der Waals surface area contributed by atoms with E-state index in [1.54, 1.807) is 35.8 Å². The van der Waals surface area contributed by atoms with Crippen LogP contribution in [0, 0.1) is 0 Å². The van der Waals surface area contributed by atoms with E-state index in [1.165, 1.54) is 22.3 Å². The second-order valence-electron chi connectivity index (χ2n) is 6.63. The zero-order chi connectivity index (χ0) is 20.8. The van der Waals surface area contributed by atoms with Gasteiger partial charge in [-0.05, 0) is 68.1 Å². The first-order valence-electron chi connectivity index (χ1n) is 9.60. The maximum absolute atomic E-state index is 5.61. The Morgan fingerprint density at radius 3 is 1.23 bits per heavy atom. The normalized spacial score (nSPS) is 10.6. The fourth-order valence-corrected chi connectivity index (χ4v) is 5.51. The summed E-state index contributed by atoms with van der Waals surface area (Å²) in [6.07, 6.45) is 0. The molecule has 0 unspecified atom stereocenters. The van der Waals surface area contributed by atoms with E-state index in [1.807, 2.05) is 24.3 Å². The summed E-state index contributed by atoms with van der Waals surface area (Å²) in [6, 6.07) is 33.4. The van der Waals surface area contributed by atoms with E-state index in [0.717, 1.165) is 21.3 Å². The molecule has 0 saturated carbocycles. The zero-order valence-corrected chi connectivity index (χ0v) is 18.5. The van der Waals surface area contributed by atoms with Crippen molar-refractivity contribution in [1.29, 1.82) is 0 Å². The van der Waals surface area contributed by atoms with Gasteiger partial charge in [-0.25, -0.2) is 0 Å². The zero-order valence-electron chi connectivity index (χ0n) is 16.9. The molecule has 0 radical (unpaired) electrons. The van der Waals surface area contributed by atoms with Gasteiger partial charge in [-0.15, -0.1) is 0 Å². The van der Waals surface area contributed by atoms with Crippen LogP contribution < -0.4 is 9.47 Å². The van der Waals surface area contributed by atoms with Crippen molar-refractivity contribution in [3.05, 3.63) is 97.1 Å². The second kappa shape index (κ2) is 9.79. The van der Waals surface area contributed by atoms with Crippen LogP contribution in [0.1, 0.15) is 0 Å². The van der Waals surface area contributed by atoms with E-state index < -0.39 is 0 Å². The number of benzene rings is 4. The maximum Gasteiger partial charge on any atom is 0.133 e. The smallest absolute Gasteiger partial charge is 0.133 e. The lowest BCUT2D eigenvalue weighted by molar-refractivity contribution is 0.404. The summed E-state index contributed by atoms with van der Waals surface area (Å²) in [7, 11) is 6.78. The molecule has 0 atom stereocenters. The van der Waals surface area contributed by atoms with Gasteiger partial charge in [0.2, 0.25) is 0 Å². The Morgan fingerprint density at radius 2 is 0.867 bits per heavy atom. The number of rotatable bonds is 7. The summed E-state index contributed by atoms with van der Waals surface area (Å²) in [5.74, 6) is 1.73. The molecule has 150 valence electrons. The molecule has 0 fully saturated rings. The molecule has 2 nitrogen and oxygen atoms in total. The molecule has 0 aliphatic rings. The van der Waals surface area contributed by atoms with Crippen molar-refractivity contribution in [1.82, 2.24) is 0 Å². The van der Waals surface area contributed by atoms with Gasteiger partial charge in [0.25, 0.3) is 0 Å². The molecule has 0 heterocycles. The number of ether oxygens (including phenoxy) is 2. The van der Waals surface area contributed by atoms with Crippen LogP contribution in [0.3, 0.4) is 0 Å². The van der Waals surface area contributed by atoms with Crippen LogP contribution in [0.25, 0.3) is 22.3 Å². The van der Waals surface area contributed by atoms with Crippen molar-refractivity contribution < 1.29 is 9.47 Å². The third kappa shape index (κ3) is 4.66. The molecule has 4 aromatic rings. The van der Waals surface area contributed by atoms with Gasteiger partial charge in [0.1, 0.15) is 11.5 Å². The maximum atomic E-state index is 5.61. The predicted molar refractivity (Wildman–Crippen MR) is 129 cm³/mol. The first kappa shape index (κ1) is 20.5. The summed E-state index contributed by atoms with van der Waals surface area (Å²) >= 11 is 0. The summed E-state index contributed by atoms with van der Waals surface area (Å²) in [6.45, 7) is 0. The Kier molecular flexibility index (Phi) is 6.67. The van der Waals surface area contributed by atoms with Gasteiger partial charge in [0.05, 0.1) is 24.0 Å². The third-order valence-electron chi connectivity index (χ3n) is 4.76. The molecule has 4 rings (SSSR count). The van der Waals surface area contributed by atoms with Crippen molar-refractivity contribution in [2.75, 3.05) is 14.2 Å². The van der Waals surface area contributed by atoms with E-state index in [4.69, 9.17) is 9.47 Å². The minimum absolute atomic E-state index is 0.866. The average Bonchev–Trinajstić information content (AvgIpc) is 2.83. The molecule has 0 amide bonds. The van der Waals surface area contributed by atoms with Crippen LogP contribution in [0.2, 0.25) is 0 Å². The monoisotopic (exact) mass is 430 g/mol. The molecule has 0 saturated heterocycles. The quantitative estimate of drug-likeness (QED) is 0.278. The van der Waals surface area contributed by atoms with Crippen LogP contribution in [0.5, 0.6) is 11.5 Å². The van der Waals surface area contributed by atoms with Gasteiger partial charge in [0.15, 0.2) is 0 Å². The van der Waals surface area contributed by atoms with Gasteiger partial charge >= 0.3 is 0 Å². The van der Waals surface area contributed by atoms with E-state index in [9.17, 15) is 0 Å². The topological polar surface area (TPSA) is 18.5 Å². The van der Waals surface area contributed by atoms with Gasteiger partial charge in [0, 0.05) is 0 Å². The molecule has 0 aliphatic carbocycles. The molecule has 4 aromatic carbocycles. The lowest BCUT2D eigenvalue weighted by Gasteiger charge is -2.13. The molecule has 0 spiro atoms. The van der Waals surface area contributed by atoms with Crippen LogP contribution in [0.15, 0.2) is 107 Å². The predicted octanol–water partition coefficient (Wildman–Crippen LogP) is 7.84. The Balaban J connectivity index is 1.62. The molecule has 0 bridgehead atoms. The fraction of sp³-hybridized carbons (Fsp3) is 0.0769. The van der Waals surface area contributed by atoms with Crippen molar-refractivity contribution in [2.45, 2.75) is 9.79 Å². The van der Waals surface area contributed by atoms with Crippen molar-refractivity contribution in [3.8, 4) is 33.8 Å². The SMILES string of the molecule is COc1ccc(-c2ccccc2)cc1SSc1cc(-c2ccccc2)ccc1OC. The van der Waals surface area contributed by atoms with Gasteiger partial charge < -0.3 is 9.47 Å². The standard InChI is InChI=1S/C26H22O2S2/c1-27-23-15-13-21(19-9-5-3-6-10-19)17-25(23)29-30-26-18-22(14-16-24(26)28-2)20-11-7-4-8-12-20/h3-18H,1-2H3. The largest absolute Gasteiger partial charge is 0.496 e.